The molecule has 0 aliphatic carbocycles. The molecule has 1 rings (SSSR count). The summed E-state index contributed by atoms with van der Waals surface area (Å²) in [5.74, 6) is -0.302. The van der Waals surface area contributed by atoms with Gasteiger partial charge in [-0.3, -0.25) is 0 Å². The third-order valence-corrected chi connectivity index (χ3v) is 3.72. The van der Waals surface area contributed by atoms with Crippen molar-refractivity contribution in [3.05, 3.63) is 22.7 Å². The topological polar surface area (TPSA) is 41.5 Å². The average Bonchev–Trinajstić information content (AvgIpc) is 2.37. The van der Waals surface area contributed by atoms with Gasteiger partial charge < -0.3 is 15.2 Å². The van der Waals surface area contributed by atoms with Crippen LogP contribution >= 0.6 is 15.9 Å². The molecule has 0 saturated heterocycles. The molecule has 0 amide bonds. The van der Waals surface area contributed by atoms with Gasteiger partial charge in [0.25, 0.3) is 0 Å². The van der Waals surface area contributed by atoms with Gasteiger partial charge in [-0.05, 0) is 47.0 Å². The fourth-order valence-corrected chi connectivity index (χ4v) is 2.04. The molecule has 1 aromatic carbocycles. The number of benzene rings is 1. The van der Waals surface area contributed by atoms with Crippen LogP contribution in [0.1, 0.15) is 26.7 Å². The summed E-state index contributed by atoms with van der Waals surface area (Å²) in [5.41, 5.74) is -0.222. The van der Waals surface area contributed by atoms with E-state index in [-0.39, 0.29) is 10.2 Å². The van der Waals surface area contributed by atoms with Gasteiger partial charge in [0.05, 0.1) is 10.1 Å². The molecule has 0 aliphatic heterocycles. The van der Waals surface area contributed by atoms with E-state index in [2.05, 4.69) is 26.0 Å². The Balaban J connectivity index is 2.73. The fraction of sp³-hybridized carbons (Fsp3) is 0.538. The third-order valence-electron chi connectivity index (χ3n) is 3.10. The molecule has 0 aromatic heterocycles. The number of nitrogens with one attached hydrogen (secondary N) is 1. The quantitative estimate of drug-likeness (QED) is 0.798. The molecule has 7 heteroatoms. The summed E-state index contributed by atoms with van der Waals surface area (Å²) in [6.07, 6.45) is -3.54. The Labute approximate surface area is 124 Å². The van der Waals surface area contributed by atoms with E-state index in [9.17, 15) is 18.3 Å². The molecular weight excluding hydrogens is 339 g/mol. The zero-order chi connectivity index (χ0) is 15.4. The summed E-state index contributed by atoms with van der Waals surface area (Å²) in [7, 11) is 0. The summed E-state index contributed by atoms with van der Waals surface area (Å²) in [6.45, 7) is 4.08. The van der Waals surface area contributed by atoms with E-state index in [1.807, 2.05) is 13.8 Å². The van der Waals surface area contributed by atoms with Crippen LogP contribution in [0.2, 0.25) is 0 Å². The maximum atomic E-state index is 12.1. The maximum absolute atomic E-state index is 12.1. The minimum Gasteiger partial charge on any atom is -0.405 e. The van der Waals surface area contributed by atoms with Crippen molar-refractivity contribution < 1.29 is 23.0 Å². The van der Waals surface area contributed by atoms with Gasteiger partial charge in [0.1, 0.15) is 5.75 Å². The number of hydrogen-bond acceptors (Lipinski definition) is 3. The van der Waals surface area contributed by atoms with Crippen LogP contribution in [0.4, 0.5) is 18.9 Å². The molecular formula is C13H17BrF3NO2. The molecule has 0 spiro atoms. The Bertz CT molecular complexity index is 448. The van der Waals surface area contributed by atoms with E-state index in [1.165, 1.54) is 18.2 Å². The van der Waals surface area contributed by atoms with Gasteiger partial charge in [0.15, 0.2) is 0 Å². The molecule has 20 heavy (non-hydrogen) atoms. The van der Waals surface area contributed by atoms with Crippen LogP contribution in [0.15, 0.2) is 22.7 Å². The lowest BCUT2D eigenvalue weighted by atomic mass is 9.97. The first kappa shape index (κ1) is 17.1. The van der Waals surface area contributed by atoms with Crippen LogP contribution in [0.25, 0.3) is 0 Å². The van der Waals surface area contributed by atoms with Gasteiger partial charge in [0.2, 0.25) is 0 Å². The molecule has 0 heterocycles. The number of rotatable bonds is 6. The van der Waals surface area contributed by atoms with Crippen molar-refractivity contribution in [1.82, 2.24) is 0 Å². The lowest BCUT2D eigenvalue weighted by Gasteiger charge is -2.26. The molecule has 0 saturated carbocycles. The predicted molar refractivity (Wildman–Crippen MR) is 74.8 cm³/mol. The second-order valence-electron chi connectivity index (χ2n) is 4.48. The Morgan fingerprint density at radius 1 is 1.25 bits per heavy atom. The molecule has 3 nitrogen and oxygen atoms in total. The van der Waals surface area contributed by atoms with Crippen molar-refractivity contribution in [1.29, 1.82) is 0 Å². The first-order chi connectivity index (χ1) is 9.19. The highest BCUT2D eigenvalue weighted by atomic mass is 79.9. The lowest BCUT2D eigenvalue weighted by Crippen LogP contribution is -2.35. The maximum Gasteiger partial charge on any atom is 0.573 e. The molecule has 0 aliphatic rings. The third kappa shape index (κ3) is 5.20. The Kier molecular flexibility index (Phi) is 5.70. The molecule has 0 atom stereocenters. The van der Waals surface area contributed by atoms with E-state index in [0.29, 0.717) is 25.1 Å². The molecule has 1 aromatic rings. The second kappa shape index (κ2) is 6.67. The van der Waals surface area contributed by atoms with Gasteiger partial charge in [-0.15, -0.1) is 13.2 Å². The van der Waals surface area contributed by atoms with Gasteiger partial charge in [-0.2, -0.15) is 0 Å². The van der Waals surface area contributed by atoms with Crippen LogP contribution in [-0.2, 0) is 0 Å². The summed E-state index contributed by atoms with van der Waals surface area (Å²) in [4.78, 5) is 0. The van der Waals surface area contributed by atoms with Gasteiger partial charge in [-0.25, -0.2) is 0 Å². The number of hydrogen-bond donors (Lipinski definition) is 2. The van der Waals surface area contributed by atoms with Crippen molar-refractivity contribution in [2.75, 3.05) is 11.9 Å². The van der Waals surface area contributed by atoms with Gasteiger partial charge >= 0.3 is 6.36 Å². The van der Waals surface area contributed by atoms with Crippen molar-refractivity contribution >= 4 is 21.6 Å². The zero-order valence-electron chi connectivity index (χ0n) is 11.2. The van der Waals surface area contributed by atoms with Crippen LogP contribution in [0, 0.1) is 0 Å². The number of halogens is 4. The van der Waals surface area contributed by atoms with Crippen LogP contribution in [-0.4, -0.2) is 23.6 Å². The van der Waals surface area contributed by atoms with Crippen LogP contribution in [0.3, 0.4) is 0 Å². The molecule has 0 radical (unpaired) electrons. The fourth-order valence-electron chi connectivity index (χ4n) is 1.58. The van der Waals surface area contributed by atoms with Crippen molar-refractivity contribution in [3.63, 3.8) is 0 Å². The van der Waals surface area contributed by atoms with E-state index in [0.717, 1.165) is 0 Å². The number of alkyl halides is 3. The highest BCUT2D eigenvalue weighted by Gasteiger charge is 2.32. The van der Waals surface area contributed by atoms with Crippen molar-refractivity contribution in [2.45, 2.75) is 38.7 Å². The van der Waals surface area contributed by atoms with Crippen molar-refractivity contribution in [3.8, 4) is 5.75 Å². The smallest absolute Gasteiger partial charge is 0.405 e. The Hall–Kier alpha value is -0.950. The minimum absolute atomic E-state index is 0.191. The van der Waals surface area contributed by atoms with Gasteiger partial charge in [0, 0.05) is 12.2 Å². The number of anilines is 1. The minimum atomic E-state index is -4.72. The molecule has 2 N–H and O–H groups in total. The van der Waals surface area contributed by atoms with Gasteiger partial charge in [-0.1, -0.05) is 13.8 Å². The monoisotopic (exact) mass is 355 g/mol. The number of aliphatic hydroxyl groups is 1. The Morgan fingerprint density at radius 3 is 2.30 bits per heavy atom. The largest absolute Gasteiger partial charge is 0.573 e. The van der Waals surface area contributed by atoms with Crippen LogP contribution < -0.4 is 10.1 Å². The predicted octanol–water partition coefficient (Wildman–Crippen LogP) is 4.31. The van der Waals surface area contributed by atoms with Crippen LogP contribution in [0.5, 0.6) is 5.75 Å². The molecule has 114 valence electrons. The van der Waals surface area contributed by atoms with E-state index in [4.69, 9.17) is 0 Å². The molecule has 0 fully saturated rings. The average molecular weight is 356 g/mol. The molecule has 0 unspecified atom stereocenters. The summed E-state index contributed by atoms with van der Waals surface area (Å²) >= 11 is 3.03. The summed E-state index contributed by atoms with van der Waals surface area (Å²) in [5, 5.41) is 13.1. The lowest BCUT2D eigenvalue weighted by molar-refractivity contribution is -0.274. The number of ether oxygens (including phenoxy) is 1. The first-order valence-electron chi connectivity index (χ1n) is 6.20. The van der Waals surface area contributed by atoms with E-state index in [1.54, 1.807) is 0 Å². The van der Waals surface area contributed by atoms with E-state index >= 15 is 0 Å². The van der Waals surface area contributed by atoms with Crippen molar-refractivity contribution in [2.24, 2.45) is 0 Å². The normalized spacial score (nSPS) is 12.3. The summed E-state index contributed by atoms with van der Waals surface area (Å²) < 4.78 is 40.4. The summed E-state index contributed by atoms with van der Waals surface area (Å²) in [6, 6.07) is 4.17. The zero-order valence-corrected chi connectivity index (χ0v) is 12.8. The molecule has 0 bridgehead atoms. The standard InChI is InChI=1S/C13H17BrF3NO2/c1-3-12(19,4-2)8-18-9-5-6-11(10(14)7-9)20-13(15,16)17/h5-7,18-19H,3-4,8H2,1-2H3. The van der Waals surface area contributed by atoms with E-state index < -0.39 is 12.0 Å². The second-order valence-corrected chi connectivity index (χ2v) is 5.33. The highest BCUT2D eigenvalue weighted by molar-refractivity contribution is 9.10. The first-order valence-corrected chi connectivity index (χ1v) is 7.00. The highest BCUT2D eigenvalue weighted by Crippen LogP contribution is 2.32. The Morgan fingerprint density at radius 2 is 1.85 bits per heavy atom. The SMILES string of the molecule is CCC(O)(CC)CNc1ccc(OC(F)(F)F)c(Br)c1.